The third-order valence-electron chi connectivity index (χ3n) is 5.85. The average Bonchev–Trinajstić information content (AvgIpc) is 2.73. The summed E-state index contributed by atoms with van der Waals surface area (Å²) in [5.41, 5.74) is 1.11. The number of rotatable bonds is 4. The van der Waals surface area contributed by atoms with Crippen molar-refractivity contribution in [1.82, 2.24) is 5.32 Å². The predicted molar refractivity (Wildman–Crippen MR) is 118 cm³/mol. The molecule has 2 saturated heterocycles. The summed E-state index contributed by atoms with van der Waals surface area (Å²) in [5.74, 6) is -4.01. The molecule has 2 fully saturated rings. The van der Waals surface area contributed by atoms with Gasteiger partial charge in [0.25, 0.3) is 0 Å². The molecule has 3 amide bonds. The highest BCUT2D eigenvalue weighted by molar-refractivity contribution is 6.31. The molecule has 2 aromatic rings. The Hall–Kier alpha value is -3.71. The van der Waals surface area contributed by atoms with Crippen LogP contribution in [0.3, 0.4) is 0 Å². The maximum atomic E-state index is 14.7. The number of amides is 3. The summed E-state index contributed by atoms with van der Waals surface area (Å²) >= 11 is 6.06. The number of halogens is 3. The molecule has 0 saturated carbocycles. The molecule has 1 atom stereocenters. The molecule has 0 spiro atoms. The SMILES string of the molecule is Cc1c(Cl)cc(NC(=O)OC2CN(c3cc(F)c(C4CCC(=O)NC4=O)c(F)c3)C2)cc1C#N. The van der Waals surface area contributed by atoms with Gasteiger partial charge in [-0.3, -0.25) is 20.2 Å². The maximum absolute atomic E-state index is 14.7. The van der Waals surface area contributed by atoms with Crippen LogP contribution < -0.4 is 15.5 Å². The summed E-state index contributed by atoms with van der Waals surface area (Å²) in [4.78, 5) is 37.1. The van der Waals surface area contributed by atoms with E-state index < -0.39 is 41.6 Å². The van der Waals surface area contributed by atoms with E-state index in [2.05, 4.69) is 10.6 Å². The quantitative estimate of drug-likeness (QED) is 0.634. The highest BCUT2D eigenvalue weighted by Gasteiger charge is 2.35. The minimum atomic E-state index is -1.07. The summed E-state index contributed by atoms with van der Waals surface area (Å²) < 4.78 is 34.7. The van der Waals surface area contributed by atoms with Gasteiger partial charge in [-0.1, -0.05) is 11.6 Å². The van der Waals surface area contributed by atoms with Gasteiger partial charge in [-0.15, -0.1) is 0 Å². The standard InChI is InChI=1S/C23H19ClF2N4O4/c1-11-12(8-27)4-13(5-17(11)24)28-23(33)34-15-9-30(10-15)14-6-18(25)21(19(26)7-14)16-2-3-20(31)29-22(16)32/h4-7,15-16H,2-3,9-10H2,1H3,(H,28,33)(H,29,31,32). The number of benzene rings is 2. The second-order valence-electron chi connectivity index (χ2n) is 8.13. The summed E-state index contributed by atoms with van der Waals surface area (Å²) in [7, 11) is 0. The molecule has 11 heteroatoms. The summed E-state index contributed by atoms with van der Waals surface area (Å²) in [6.07, 6.45) is -1.22. The zero-order valence-corrected chi connectivity index (χ0v) is 18.7. The first kappa shape index (κ1) is 23.4. The third-order valence-corrected chi connectivity index (χ3v) is 6.24. The van der Waals surface area contributed by atoms with Crippen molar-refractivity contribution < 1.29 is 27.9 Å². The van der Waals surface area contributed by atoms with E-state index >= 15 is 0 Å². The first-order valence-corrected chi connectivity index (χ1v) is 10.8. The van der Waals surface area contributed by atoms with Crippen LogP contribution in [0.15, 0.2) is 24.3 Å². The summed E-state index contributed by atoms with van der Waals surface area (Å²) in [6, 6.07) is 7.21. The van der Waals surface area contributed by atoms with Gasteiger partial charge in [0.15, 0.2) is 0 Å². The van der Waals surface area contributed by atoms with Gasteiger partial charge >= 0.3 is 6.09 Å². The van der Waals surface area contributed by atoms with E-state index in [1.807, 2.05) is 6.07 Å². The highest BCUT2D eigenvalue weighted by Crippen LogP contribution is 2.33. The molecule has 0 bridgehead atoms. The van der Waals surface area contributed by atoms with E-state index in [4.69, 9.17) is 21.6 Å². The Labute approximate surface area is 198 Å². The number of carbonyl (C=O) groups is 3. The van der Waals surface area contributed by atoms with Crippen LogP contribution in [-0.4, -0.2) is 37.1 Å². The average molecular weight is 489 g/mol. The molecular weight excluding hydrogens is 470 g/mol. The van der Waals surface area contributed by atoms with E-state index in [9.17, 15) is 23.2 Å². The smallest absolute Gasteiger partial charge is 0.412 e. The lowest BCUT2D eigenvalue weighted by Crippen LogP contribution is -2.53. The van der Waals surface area contributed by atoms with Crippen LogP contribution in [0.5, 0.6) is 0 Å². The summed E-state index contributed by atoms with van der Waals surface area (Å²) in [5, 5.41) is 14.1. The zero-order valence-electron chi connectivity index (χ0n) is 18.0. The van der Waals surface area contributed by atoms with Gasteiger partial charge in [-0.2, -0.15) is 5.26 Å². The van der Waals surface area contributed by atoms with Crippen LogP contribution in [0, 0.1) is 29.9 Å². The maximum Gasteiger partial charge on any atom is 0.412 e. The van der Waals surface area contributed by atoms with Crippen LogP contribution in [0.25, 0.3) is 0 Å². The molecule has 176 valence electrons. The van der Waals surface area contributed by atoms with Crippen LogP contribution in [0.4, 0.5) is 25.0 Å². The Bertz CT molecular complexity index is 1220. The van der Waals surface area contributed by atoms with Crippen molar-refractivity contribution in [3.63, 3.8) is 0 Å². The first-order chi connectivity index (χ1) is 16.2. The lowest BCUT2D eigenvalue weighted by molar-refractivity contribution is -0.134. The molecule has 2 aromatic carbocycles. The number of imide groups is 1. The molecule has 0 aromatic heterocycles. The van der Waals surface area contributed by atoms with Gasteiger partial charge in [0.05, 0.1) is 30.6 Å². The monoisotopic (exact) mass is 488 g/mol. The van der Waals surface area contributed by atoms with E-state index in [1.54, 1.807) is 11.8 Å². The molecule has 0 radical (unpaired) electrons. The largest absolute Gasteiger partial charge is 0.442 e. The number of nitrogens with zero attached hydrogens (tertiary/aromatic N) is 2. The normalized spacial score (nSPS) is 18.1. The van der Waals surface area contributed by atoms with Crippen molar-refractivity contribution >= 4 is 40.9 Å². The molecule has 2 aliphatic heterocycles. The van der Waals surface area contributed by atoms with Crippen molar-refractivity contribution in [3.05, 3.63) is 57.6 Å². The first-order valence-electron chi connectivity index (χ1n) is 10.4. The Morgan fingerprint density at radius 2 is 1.91 bits per heavy atom. The highest BCUT2D eigenvalue weighted by atomic mass is 35.5. The zero-order chi connectivity index (χ0) is 24.6. The minimum absolute atomic E-state index is 0.0108. The lowest BCUT2D eigenvalue weighted by Gasteiger charge is -2.40. The number of hydrogen-bond donors (Lipinski definition) is 2. The Balaban J connectivity index is 1.36. The number of hydrogen-bond acceptors (Lipinski definition) is 6. The second kappa shape index (κ2) is 9.27. The van der Waals surface area contributed by atoms with Gasteiger partial charge in [-0.05, 0) is 43.2 Å². The molecule has 0 aliphatic carbocycles. The second-order valence-corrected chi connectivity index (χ2v) is 8.53. The molecular formula is C23H19ClF2N4O4. The van der Waals surface area contributed by atoms with Crippen molar-refractivity contribution in [2.24, 2.45) is 0 Å². The molecule has 8 nitrogen and oxygen atoms in total. The number of nitrogens with one attached hydrogen (secondary N) is 2. The molecule has 4 rings (SSSR count). The Morgan fingerprint density at radius 3 is 2.53 bits per heavy atom. The van der Waals surface area contributed by atoms with Crippen LogP contribution >= 0.6 is 11.6 Å². The van der Waals surface area contributed by atoms with Gasteiger partial charge in [0.1, 0.15) is 17.7 Å². The fourth-order valence-corrected chi connectivity index (χ4v) is 4.16. The van der Waals surface area contributed by atoms with Crippen molar-refractivity contribution in [3.8, 4) is 6.07 Å². The van der Waals surface area contributed by atoms with E-state index in [0.717, 1.165) is 12.1 Å². The number of nitriles is 1. The fraction of sp³-hybridized carbons (Fsp3) is 0.304. The summed E-state index contributed by atoms with van der Waals surface area (Å²) in [6.45, 7) is 2.11. The predicted octanol–water partition coefficient (Wildman–Crippen LogP) is 3.76. The third kappa shape index (κ3) is 4.65. The van der Waals surface area contributed by atoms with E-state index in [1.165, 1.54) is 12.1 Å². The van der Waals surface area contributed by atoms with Crippen LogP contribution in [0.2, 0.25) is 5.02 Å². The number of piperidine rings is 1. The topological polar surface area (TPSA) is 112 Å². The van der Waals surface area contributed by atoms with Gasteiger partial charge in [-0.25, -0.2) is 13.6 Å². The van der Waals surface area contributed by atoms with E-state index in [0.29, 0.717) is 21.8 Å². The van der Waals surface area contributed by atoms with Crippen LogP contribution in [0.1, 0.15) is 35.4 Å². The molecule has 2 heterocycles. The molecule has 2 aliphatic rings. The fourth-order valence-electron chi connectivity index (χ4n) is 3.94. The Morgan fingerprint density at radius 1 is 1.24 bits per heavy atom. The molecule has 1 unspecified atom stereocenters. The van der Waals surface area contributed by atoms with Crippen molar-refractivity contribution in [2.45, 2.75) is 31.8 Å². The van der Waals surface area contributed by atoms with Crippen molar-refractivity contribution in [1.29, 1.82) is 5.26 Å². The number of ether oxygens (including phenoxy) is 1. The minimum Gasteiger partial charge on any atom is -0.442 e. The molecule has 34 heavy (non-hydrogen) atoms. The van der Waals surface area contributed by atoms with Crippen molar-refractivity contribution in [2.75, 3.05) is 23.3 Å². The number of anilines is 2. The Kier molecular flexibility index (Phi) is 6.39. The van der Waals surface area contributed by atoms with Gasteiger partial charge in [0, 0.05) is 28.4 Å². The lowest BCUT2D eigenvalue weighted by atomic mass is 9.89. The van der Waals surface area contributed by atoms with Gasteiger partial charge in [0.2, 0.25) is 11.8 Å². The molecule has 2 N–H and O–H groups in total. The van der Waals surface area contributed by atoms with Gasteiger partial charge < -0.3 is 9.64 Å². The van der Waals surface area contributed by atoms with Crippen LogP contribution in [-0.2, 0) is 14.3 Å². The van der Waals surface area contributed by atoms with E-state index in [-0.39, 0.29) is 37.2 Å². The number of carbonyl (C=O) groups excluding carboxylic acids is 3.